The Balaban J connectivity index is -0.000000199. The molecule has 522 valence electrons. The maximum atomic E-state index is 2.37. The molecule has 0 bridgehead atoms. The van der Waals surface area contributed by atoms with Gasteiger partial charge in [-0.05, 0) is 157 Å². The van der Waals surface area contributed by atoms with Gasteiger partial charge in [0, 0.05) is 0 Å². The predicted molar refractivity (Wildman–Crippen MR) is 404 cm³/mol. The molecule has 7 aliphatic carbocycles. The molecule has 0 aromatic heterocycles. The molecule has 1 unspecified atom stereocenters. The number of rotatable bonds is 19. The zero-order valence-electron chi connectivity index (χ0n) is 67.0. The van der Waals surface area contributed by atoms with Gasteiger partial charge in [0.25, 0.3) is 0 Å². The summed E-state index contributed by atoms with van der Waals surface area (Å²) in [5.74, 6) is 13.7. The Labute approximate surface area is 548 Å². The standard InChI is InChI=1S/7C7H16.C6H10.5C6H12/c1-6(2)5-7(3)4;1-5-6-7(2,3)4;1-5-7(4)6(2)3;2*1-4-5-6-7(2)3;1-4-6-7(3)5-2;1-3-5-7-6-4-2;1-5-4-6(5)2-3-6;1-5-3-6(2)4-5;1-6(2)4-3-5-6;1-5-3-4-6(5)2;1-6-4-2-3-5-6;1-2-6-4-3-5-6/h6-7H,5H2,1-4H3;5-6H2,1-4H3;6-7H,5H2,1-4H3;3*7H,4-6H2,1-3H3;3-7H2,1-2H3;5H,2-4H2,1H3;5-6H,3-4H2,1-2H3;3-5H2,1-2H3;5-6H,3-4H2,1-2H3;2*6H,2-5H2,1H3/t;;7-;;;7-;;5-;;;5-,6?;;/m..0..1.0..1../s1. The molecule has 0 N–H and O–H groups in total. The monoisotopic (exact) mass is 1200 g/mol. The molecular weight excluding hydrogens is 1020 g/mol. The molecule has 85 heavy (non-hydrogen) atoms. The summed E-state index contributed by atoms with van der Waals surface area (Å²) in [4.78, 5) is 0. The van der Waals surface area contributed by atoms with Gasteiger partial charge in [0.05, 0.1) is 0 Å². The van der Waals surface area contributed by atoms with Gasteiger partial charge in [-0.15, -0.1) is 0 Å². The second-order valence-electron chi connectivity index (χ2n) is 34.2. The van der Waals surface area contributed by atoms with Crippen molar-refractivity contribution in [3.8, 4) is 0 Å². The number of hydrogen-bond donors (Lipinski definition) is 0. The summed E-state index contributed by atoms with van der Waals surface area (Å²) in [6.45, 7) is 73.0. The first-order chi connectivity index (χ1) is 39.6. The van der Waals surface area contributed by atoms with Gasteiger partial charge in [0.2, 0.25) is 0 Å². The van der Waals surface area contributed by atoms with Crippen LogP contribution in [0.4, 0.5) is 0 Å². The van der Waals surface area contributed by atoms with E-state index in [0.29, 0.717) is 5.41 Å². The van der Waals surface area contributed by atoms with Gasteiger partial charge in [0.15, 0.2) is 0 Å². The number of unbranched alkanes of at least 4 members (excludes halogenated alkanes) is 6. The first kappa shape index (κ1) is 96.1. The maximum absolute atomic E-state index is 2.37. The van der Waals surface area contributed by atoms with Crippen molar-refractivity contribution in [2.75, 3.05) is 0 Å². The van der Waals surface area contributed by atoms with Crippen molar-refractivity contribution in [1.29, 1.82) is 0 Å². The second-order valence-corrected chi connectivity index (χ2v) is 34.2. The Kier molecular flexibility index (Phi) is 71.0. The van der Waals surface area contributed by atoms with E-state index in [1.54, 1.807) is 19.3 Å². The van der Waals surface area contributed by atoms with Crippen LogP contribution in [0, 0.1) is 99.1 Å². The molecular formula is C85H182. The fourth-order valence-electron chi connectivity index (χ4n) is 11.2. The van der Waals surface area contributed by atoms with Crippen LogP contribution in [0.2, 0.25) is 0 Å². The van der Waals surface area contributed by atoms with Crippen molar-refractivity contribution in [2.45, 2.75) is 453 Å². The van der Waals surface area contributed by atoms with Gasteiger partial charge >= 0.3 is 0 Å². The van der Waals surface area contributed by atoms with Crippen LogP contribution in [0.25, 0.3) is 0 Å². The van der Waals surface area contributed by atoms with E-state index in [0.717, 1.165) is 93.7 Å². The Morgan fingerprint density at radius 2 is 0.812 bits per heavy atom. The van der Waals surface area contributed by atoms with Gasteiger partial charge < -0.3 is 0 Å². The predicted octanol–water partition coefficient (Wildman–Crippen LogP) is 32.2. The Morgan fingerprint density at radius 1 is 0.412 bits per heavy atom. The van der Waals surface area contributed by atoms with Gasteiger partial charge in [-0.3, -0.25) is 0 Å². The second kappa shape index (κ2) is 62.8. The minimum atomic E-state index is 0.550. The van der Waals surface area contributed by atoms with Crippen LogP contribution >= 0.6 is 0 Å². The Bertz CT molecular complexity index is 1170. The fraction of sp³-hybridized carbons (Fsp3) is 1.00. The van der Waals surface area contributed by atoms with Crippen molar-refractivity contribution in [3.05, 3.63) is 0 Å². The first-order valence-electron chi connectivity index (χ1n) is 39.6. The van der Waals surface area contributed by atoms with Gasteiger partial charge in [-0.1, -0.05) is 395 Å². The average Bonchev–Trinajstić information content (AvgIpc) is 1.84. The zero-order valence-corrected chi connectivity index (χ0v) is 67.0. The molecule has 1 spiro atoms. The lowest BCUT2D eigenvalue weighted by atomic mass is 9.72. The van der Waals surface area contributed by atoms with Crippen LogP contribution in [0.15, 0.2) is 0 Å². The summed E-state index contributed by atoms with van der Waals surface area (Å²) < 4.78 is 0. The summed E-state index contributed by atoms with van der Waals surface area (Å²) in [6, 6.07) is 0. The highest BCUT2D eigenvalue weighted by molar-refractivity contribution is 5.10. The molecule has 0 heterocycles. The molecule has 0 saturated heterocycles. The van der Waals surface area contributed by atoms with E-state index in [9.17, 15) is 0 Å². The minimum Gasteiger partial charge on any atom is -0.0654 e. The summed E-state index contributed by atoms with van der Waals surface area (Å²) >= 11 is 0. The van der Waals surface area contributed by atoms with E-state index in [-0.39, 0.29) is 0 Å². The molecule has 0 aromatic carbocycles. The molecule has 7 aliphatic rings. The molecule has 0 nitrogen and oxygen atoms in total. The van der Waals surface area contributed by atoms with Crippen LogP contribution in [0.1, 0.15) is 453 Å². The van der Waals surface area contributed by atoms with Crippen molar-refractivity contribution in [1.82, 2.24) is 0 Å². The summed E-state index contributed by atoms with van der Waals surface area (Å²) in [5, 5.41) is 0. The lowest BCUT2D eigenvalue weighted by Crippen LogP contribution is -2.20. The molecule has 5 atom stereocenters. The van der Waals surface area contributed by atoms with Crippen LogP contribution in [-0.4, -0.2) is 0 Å². The summed E-state index contributed by atoms with van der Waals surface area (Å²) in [6.07, 6.45) is 51.5. The van der Waals surface area contributed by atoms with Crippen LogP contribution < -0.4 is 0 Å². The Hall–Kier alpha value is 0. The smallest absolute Gasteiger partial charge is 0.0268 e. The van der Waals surface area contributed by atoms with Gasteiger partial charge in [-0.2, -0.15) is 0 Å². The summed E-state index contributed by atoms with van der Waals surface area (Å²) in [7, 11) is 0. The van der Waals surface area contributed by atoms with Crippen LogP contribution in [-0.2, 0) is 0 Å². The molecule has 7 saturated carbocycles. The highest BCUT2D eigenvalue weighted by Crippen LogP contribution is 2.70. The van der Waals surface area contributed by atoms with Crippen LogP contribution in [0.5, 0.6) is 0 Å². The van der Waals surface area contributed by atoms with E-state index in [4.69, 9.17) is 0 Å². The lowest BCUT2D eigenvalue weighted by molar-refractivity contribution is 0.190. The normalized spacial score (nSPS) is 21.9. The quantitative estimate of drug-likeness (QED) is 0.113. The third-order valence-electron chi connectivity index (χ3n) is 20.0. The average molecular weight is 1200 g/mol. The minimum absolute atomic E-state index is 0.550. The number of hydrogen-bond acceptors (Lipinski definition) is 0. The molecule has 0 radical (unpaired) electrons. The molecule has 0 aliphatic heterocycles. The first-order valence-corrected chi connectivity index (χ1v) is 39.6. The van der Waals surface area contributed by atoms with Crippen molar-refractivity contribution < 1.29 is 0 Å². The maximum Gasteiger partial charge on any atom is -0.0268 e. The Morgan fingerprint density at radius 3 is 0.871 bits per heavy atom. The lowest BCUT2D eigenvalue weighted by Gasteiger charge is -2.33. The van der Waals surface area contributed by atoms with E-state index in [1.807, 2.05) is 0 Å². The van der Waals surface area contributed by atoms with Crippen molar-refractivity contribution in [3.63, 3.8) is 0 Å². The van der Waals surface area contributed by atoms with E-state index in [2.05, 4.69) is 222 Å². The molecule has 0 heteroatoms. The van der Waals surface area contributed by atoms with E-state index >= 15 is 0 Å². The molecule has 0 aromatic rings. The van der Waals surface area contributed by atoms with Crippen LogP contribution in [0.3, 0.4) is 0 Å². The molecule has 0 amide bonds. The van der Waals surface area contributed by atoms with Crippen molar-refractivity contribution in [2.24, 2.45) is 99.1 Å². The molecule has 7 rings (SSSR count). The SMILES string of the molecule is CC(C)CC(C)C.CC1(C)CCC1.CC1CC(C)C1.CC1CCCC1.CC1CC[C@H]1C.CCC1CCC1.CCCC(C)(C)C.CCCCC(C)C.CCCCC(C)C.CCCCCCC.CCC[C@H](C)CC.CC[C@H](C)C(C)C.C[C@H]1CC12CC2. The highest BCUT2D eigenvalue weighted by atomic mass is 14.6. The van der Waals surface area contributed by atoms with E-state index < -0.39 is 0 Å². The fourth-order valence-corrected chi connectivity index (χ4v) is 11.2. The van der Waals surface area contributed by atoms with Gasteiger partial charge in [-0.25, -0.2) is 0 Å². The third-order valence-corrected chi connectivity index (χ3v) is 20.0. The third kappa shape index (κ3) is 78.2. The topological polar surface area (TPSA) is 0 Å². The molecule has 7 fully saturated rings. The summed E-state index contributed by atoms with van der Waals surface area (Å²) in [5.41, 5.74) is 2.23. The zero-order chi connectivity index (χ0) is 67.0. The highest BCUT2D eigenvalue weighted by Gasteiger charge is 2.59. The largest absolute Gasteiger partial charge is 0.0654 e. The van der Waals surface area contributed by atoms with Gasteiger partial charge in [0.1, 0.15) is 0 Å². The van der Waals surface area contributed by atoms with Crippen molar-refractivity contribution >= 4 is 0 Å². The van der Waals surface area contributed by atoms with E-state index in [1.165, 1.54) is 212 Å².